The van der Waals surface area contributed by atoms with Gasteiger partial charge in [-0.15, -0.1) is 10.2 Å². The predicted molar refractivity (Wildman–Crippen MR) is 156 cm³/mol. The van der Waals surface area contributed by atoms with Gasteiger partial charge in [0.05, 0.1) is 32.7 Å². The van der Waals surface area contributed by atoms with Crippen molar-refractivity contribution in [3.63, 3.8) is 0 Å². The second kappa shape index (κ2) is 14.1. The molecule has 0 aliphatic carbocycles. The SMILES string of the molecule is CC.CCO[C@H]1C[C@H](S(=O)(=O)Nc2nnc([C@@H]3CCCO3)n2-c2c(OC)cccc2OC)CN(c2ncc(F)cn2)C1.[HH]. The highest BCUT2D eigenvalue weighted by Crippen LogP contribution is 2.39. The fourth-order valence-corrected chi connectivity index (χ4v) is 6.45. The van der Waals surface area contributed by atoms with Crippen molar-refractivity contribution in [1.29, 1.82) is 0 Å². The van der Waals surface area contributed by atoms with E-state index in [1.54, 1.807) is 27.7 Å². The Balaban J connectivity index is 0.00000165. The molecular weight excluding hydrogens is 569 g/mol. The summed E-state index contributed by atoms with van der Waals surface area (Å²) in [6.45, 7) is 7.23. The van der Waals surface area contributed by atoms with Gasteiger partial charge in [-0.1, -0.05) is 19.9 Å². The molecule has 1 N–H and O–H groups in total. The number of hydrogen-bond donors (Lipinski definition) is 1. The second-order valence-corrected chi connectivity index (χ2v) is 11.4. The molecule has 2 saturated heterocycles. The van der Waals surface area contributed by atoms with Crippen LogP contribution in [0.3, 0.4) is 0 Å². The van der Waals surface area contributed by atoms with Crippen molar-refractivity contribution in [3.05, 3.63) is 42.2 Å². The van der Waals surface area contributed by atoms with Gasteiger partial charge in [0.15, 0.2) is 11.6 Å². The number of halogens is 1. The van der Waals surface area contributed by atoms with E-state index in [9.17, 15) is 12.8 Å². The predicted octanol–water partition coefficient (Wildman–Crippen LogP) is 3.76. The van der Waals surface area contributed by atoms with E-state index >= 15 is 0 Å². The molecule has 3 atom stereocenters. The van der Waals surface area contributed by atoms with E-state index in [0.717, 1.165) is 18.8 Å². The third-order valence-corrected chi connectivity index (χ3v) is 8.56. The zero-order valence-corrected chi connectivity index (χ0v) is 25.3. The normalized spacial score (nSPS) is 20.5. The third-order valence-electron chi connectivity index (χ3n) is 6.87. The van der Waals surface area contributed by atoms with E-state index in [2.05, 4.69) is 24.9 Å². The summed E-state index contributed by atoms with van der Waals surface area (Å²) < 4.78 is 68.4. The molecule has 2 aliphatic heterocycles. The fraction of sp³-hybridized carbons (Fsp3) is 0.556. The molecule has 13 nitrogen and oxygen atoms in total. The minimum absolute atomic E-state index is 0. The quantitative estimate of drug-likeness (QED) is 0.359. The first kappa shape index (κ1) is 31.4. The van der Waals surface area contributed by atoms with E-state index in [-0.39, 0.29) is 32.4 Å². The van der Waals surface area contributed by atoms with E-state index < -0.39 is 27.2 Å². The van der Waals surface area contributed by atoms with Crippen LogP contribution in [0.15, 0.2) is 30.6 Å². The fourth-order valence-electron chi connectivity index (χ4n) is 5.06. The van der Waals surface area contributed by atoms with Crippen molar-refractivity contribution in [1.82, 2.24) is 24.7 Å². The molecule has 42 heavy (non-hydrogen) atoms. The number of hydrogen-bond acceptors (Lipinski definition) is 11. The lowest BCUT2D eigenvalue weighted by atomic mass is 10.1. The number of sulfonamides is 1. The lowest BCUT2D eigenvalue weighted by Crippen LogP contribution is -2.51. The average molecular weight is 610 g/mol. The maximum absolute atomic E-state index is 13.9. The number of nitrogens with one attached hydrogen (secondary N) is 1. The molecule has 0 spiro atoms. The molecule has 3 aromatic rings. The smallest absolute Gasteiger partial charge is 0.243 e. The highest BCUT2D eigenvalue weighted by molar-refractivity contribution is 7.93. The summed E-state index contributed by atoms with van der Waals surface area (Å²) in [6.07, 6.45) is 3.06. The summed E-state index contributed by atoms with van der Waals surface area (Å²) in [7, 11) is -1.04. The number of anilines is 2. The van der Waals surface area contributed by atoms with Crippen molar-refractivity contribution in [3.8, 4) is 17.2 Å². The highest BCUT2D eigenvalue weighted by Gasteiger charge is 2.39. The van der Waals surface area contributed by atoms with Gasteiger partial charge in [-0.25, -0.2) is 22.8 Å². The van der Waals surface area contributed by atoms with E-state index in [1.165, 1.54) is 14.2 Å². The highest BCUT2D eigenvalue weighted by atomic mass is 32.2. The summed E-state index contributed by atoms with van der Waals surface area (Å²) >= 11 is 0. The largest absolute Gasteiger partial charge is 0.494 e. The number of piperidine rings is 1. The van der Waals surface area contributed by atoms with Crippen LogP contribution in [0.5, 0.6) is 11.5 Å². The molecule has 5 rings (SSSR count). The van der Waals surface area contributed by atoms with Crippen LogP contribution >= 0.6 is 0 Å². The van der Waals surface area contributed by atoms with Crippen molar-refractivity contribution in [2.45, 2.75) is 57.5 Å². The van der Waals surface area contributed by atoms with Gasteiger partial charge < -0.3 is 23.8 Å². The number of ether oxygens (including phenoxy) is 4. The first-order valence-electron chi connectivity index (χ1n) is 14.0. The number of methoxy groups -OCH3 is 2. The summed E-state index contributed by atoms with van der Waals surface area (Å²) in [5.41, 5.74) is 0.442. The Hall–Kier alpha value is -3.56. The molecule has 2 aliphatic rings. The molecule has 0 unspecified atom stereocenters. The first-order valence-corrected chi connectivity index (χ1v) is 15.5. The Morgan fingerprint density at radius 2 is 1.81 bits per heavy atom. The van der Waals surface area contributed by atoms with Gasteiger partial charge in [-0.3, -0.25) is 9.29 Å². The standard InChI is InChI=1S/C25H32FN7O6S.C2H6.H2/c1-4-38-17-11-18(15-32(14-17)24-27-12-16(26)13-28-24)40(34,35)31-25-30-29-23(21-9-6-10-39-21)33(25)22-19(36-2)7-5-8-20(22)37-3;1-2;/h5,7-8,12-13,17-18,21H,4,6,9-11,14-15H2,1-3H3,(H,30,31);1-2H3;1H/t17-,18-,21-;;/m0../s1. The number of benzene rings is 1. The lowest BCUT2D eigenvalue weighted by molar-refractivity contribution is 0.0531. The molecule has 232 valence electrons. The molecule has 4 heterocycles. The van der Waals surface area contributed by atoms with Gasteiger partial charge in [-0.2, -0.15) is 0 Å². The molecule has 2 aromatic heterocycles. The van der Waals surface area contributed by atoms with Crippen LogP contribution in [0.4, 0.5) is 16.3 Å². The van der Waals surface area contributed by atoms with Gasteiger partial charge in [-0.05, 0) is 38.3 Å². The van der Waals surface area contributed by atoms with Crippen LogP contribution in [0.25, 0.3) is 5.69 Å². The Morgan fingerprint density at radius 1 is 1.12 bits per heavy atom. The molecule has 0 amide bonds. The molecular formula is C27H40FN7O6S. The number of nitrogens with zero attached hydrogens (tertiary/aromatic N) is 6. The van der Waals surface area contributed by atoms with Crippen LogP contribution in [0, 0.1) is 5.82 Å². The molecule has 0 saturated carbocycles. The van der Waals surface area contributed by atoms with Crippen LogP contribution < -0.4 is 19.1 Å². The van der Waals surface area contributed by atoms with E-state index in [1.807, 2.05) is 20.8 Å². The van der Waals surface area contributed by atoms with Crippen molar-refractivity contribution in [2.24, 2.45) is 0 Å². The van der Waals surface area contributed by atoms with Crippen LogP contribution in [0.1, 0.15) is 53.4 Å². The Labute approximate surface area is 246 Å². The number of para-hydroxylation sites is 1. The zero-order chi connectivity index (χ0) is 30.3. The first-order chi connectivity index (χ1) is 20.3. The number of aromatic nitrogens is 5. The second-order valence-electron chi connectivity index (χ2n) is 9.42. The van der Waals surface area contributed by atoms with Crippen LogP contribution in [-0.2, 0) is 19.5 Å². The Bertz CT molecular complexity index is 1400. The monoisotopic (exact) mass is 609 g/mol. The van der Waals surface area contributed by atoms with Gasteiger partial charge in [0.2, 0.25) is 21.9 Å². The van der Waals surface area contributed by atoms with Crippen molar-refractivity contribution < 1.29 is 33.2 Å². The van der Waals surface area contributed by atoms with Crippen molar-refractivity contribution >= 4 is 21.9 Å². The van der Waals surface area contributed by atoms with E-state index in [0.29, 0.717) is 49.2 Å². The molecule has 0 radical (unpaired) electrons. The van der Waals surface area contributed by atoms with Crippen molar-refractivity contribution in [2.75, 3.05) is 50.1 Å². The van der Waals surface area contributed by atoms with Gasteiger partial charge in [0, 0.05) is 27.7 Å². The average Bonchev–Trinajstić information content (AvgIpc) is 3.68. The summed E-state index contributed by atoms with van der Waals surface area (Å²) in [6, 6.07) is 5.25. The van der Waals surface area contributed by atoms with E-state index in [4.69, 9.17) is 18.9 Å². The van der Waals surface area contributed by atoms with Gasteiger partial charge in [0.1, 0.15) is 28.5 Å². The Morgan fingerprint density at radius 3 is 2.40 bits per heavy atom. The topological polar surface area (TPSA) is 143 Å². The zero-order valence-electron chi connectivity index (χ0n) is 24.5. The number of rotatable bonds is 10. The minimum Gasteiger partial charge on any atom is -0.494 e. The Kier molecular flexibility index (Phi) is 10.5. The molecule has 1 aromatic carbocycles. The summed E-state index contributed by atoms with van der Waals surface area (Å²) in [5.74, 6) is 0.904. The maximum atomic E-state index is 13.9. The molecule has 2 fully saturated rings. The molecule has 15 heteroatoms. The van der Waals surface area contributed by atoms with Gasteiger partial charge >= 0.3 is 0 Å². The summed E-state index contributed by atoms with van der Waals surface area (Å²) in [4.78, 5) is 9.75. The maximum Gasteiger partial charge on any atom is 0.243 e. The lowest BCUT2D eigenvalue weighted by Gasteiger charge is -2.37. The molecule has 0 bridgehead atoms. The van der Waals surface area contributed by atoms with Gasteiger partial charge in [0.25, 0.3) is 0 Å². The van der Waals surface area contributed by atoms with Crippen LogP contribution in [-0.4, -0.2) is 85.0 Å². The third kappa shape index (κ3) is 6.73. The van der Waals surface area contributed by atoms with Crippen LogP contribution in [0.2, 0.25) is 0 Å². The minimum atomic E-state index is -4.06. The summed E-state index contributed by atoms with van der Waals surface area (Å²) in [5, 5.41) is 7.63.